The summed E-state index contributed by atoms with van der Waals surface area (Å²) in [5.74, 6) is 0.721. The fourth-order valence-corrected chi connectivity index (χ4v) is 3.41. The highest BCUT2D eigenvalue weighted by atomic mass is 16.5. The van der Waals surface area contributed by atoms with Gasteiger partial charge in [-0.2, -0.15) is 0 Å². The molecule has 136 valence electrons. The molecule has 3 aromatic carbocycles. The number of anilines is 3. The van der Waals surface area contributed by atoms with Crippen LogP contribution in [0.4, 0.5) is 17.1 Å². The van der Waals surface area contributed by atoms with E-state index in [1.54, 1.807) is 11.9 Å². The minimum absolute atomic E-state index is 0.0282. The van der Waals surface area contributed by atoms with Gasteiger partial charge in [-0.05, 0) is 42.7 Å². The maximum absolute atomic E-state index is 13.0. The number of nitrogens with one attached hydrogen (secondary N) is 1. The Morgan fingerprint density at radius 3 is 2.48 bits per heavy atom. The van der Waals surface area contributed by atoms with Crippen molar-refractivity contribution in [3.63, 3.8) is 0 Å². The van der Waals surface area contributed by atoms with E-state index < -0.39 is 0 Å². The molecule has 0 aromatic heterocycles. The van der Waals surface area contributed by atoms with Crippen molar-refractivity contribution in [3.05, 3.63) is 82.9 Å². The number of aryl methyl sites for hydroxylation is 2. The molecule has 1 aliphatic heterocycles. The van der Waals surface area contributed by atoms with E-state index in [0.717, 1.165) is 39.5 Å². The van der Waals surface area contributed by atoms with E-state index in [1.165, 1.54) is 0 Å². The minimum atomic E-state index is -0.0282. The molecule has 0 atom stereocenters. The molecule has 1 amide bonds. The number of para-hydroxylation sites is 1. The highest BCUT2D eigenvalue weighted by molar-refractivity contribution is 6.14. The Balaban J connectivity index is 1.72. The predicted octanol–water partition coefficient (Wildman–Crippen LogP) is 5.22. The van der Waals surface area contributed by atoms with Crippen LogP contribution in [0.15, 0.2) is 60.7 Å². The van der Waals surface area contributed by atoms with E-state index in [0.29, 0.717) is 12.2 Å². The first kappa shape index (κ1) is 17.2. The van der Waals surface area contributed by atoms with Gasteiger partial charge in [0, 0.05) is 13.1 Å². The Bertz CT molecular complexity index is 1010. The molecule has 1 N–H and O–H groups in total. The van der Waals surface area contributed by atoms with Crippen LogP contribution in [-0.2, 0) is 6.61 Å². The van der Waals surface area contributed by atoms with Gasteiger partial charge >= 0.3 is 0 Å². The Kier molecular flexibility index (Phi) is 4.32. The zero-order chi connectivity index (χ0) is 19.0. The predicted molar refractivity (Wildman–Crippen MR) is 109 cm³/mol. The first-order chi connectivity index (χ1) is 13.0. The summed E-state index contributed by atoms with van der Waals surface area (Å²) in [5, 5.41) is 3.48. The van der Waals surface area contributed by atoms with Crippen LogP contribution in [-0.4, -0.2) is 13.0 Å². The second-order valence-electron chi connectivity index (χ2n) is 6.90. The molecular formula is C23H22N2O2. The van der Waals surface area contributed by atoms with Crippen LogP contribution in [0.3, 0.4) is 0 Å². The van der Waals surface area contributed by atoms with Gasteiger partial charge in [0.1, 0.15) is 12.4 Å². The van der Waals surface area contributed by atoms with E-state index in [4.69, 9.17) is 4.74 Å². The number of hydrogen-bond acceptors (Lipinski definition) is 3. The summed E-state index contributed by atoms with van der Waals surface area (Å²) in [7, 11) is 1.81. The maximum atomic E-state index is 13.0. The van der Waals surface area contributed by atoms with Crippen molar-refractivity contribution >= 4 is 23.0 Å². The summed E-state index contributed by atoms with van der Waals surface area (Å²) in [6.07, 6.45) is 0. The fraction of sp³-hybridized carbons (Fsp3) is 0.174. The average molecular weight is 358 g/mol. The van der Waals surface area contributed by atoms with Gasteiger partial charge in [-0.25, -0.2) is 0 Å². The molecule has 4 heteroatoms. The van der Waals surface area contributed by atoms with Crippen LogP contribution in [0.25, 0.3) is 0 Å². The minimum Gasteiger partial charge on any atom is -0.489 e. The summed E-state index contributed by atoms with van der Waals surface area (Å²) in [5.41, 5.74) is 6.49. The van der Waals surface area contributed by atoms with Gasteiger partial charge < -0.3 is 15.0 Å². The van der Waals surface area contributed by atoms with E-state index >= 15 is 0 Å². The summed E-state index contributed by atoms with van der Waals surface area (Å²) >= 11 is 0. The Morgan fingerprint density at radius 1 is 0.926 bits per heavy atom. The van der Waals surface area contributed by atoms with Crippen LogP contribution < -0.4 is 15.0 Å². The van der Waals surface area contributed by atoms with Crippen molar-refractivity contribution in [1.29, 1.82) is 0 Å². The van der Waals surface area contributed by atoms with Gasteiger partial charge in [0.2, 0.25) is 0 Å². The fourth-order valence-electron chi connectivity index (χ4n) is 3.41. The van der Waals surface area contributed by atoms with Crippen LogP contribution in [0.1, 0.15) is 27.0 Å². The first-order valence-corrected chi connectivity index (χ1v) is 9.00. The number of rotatable bonds is 3. The molecule has 0 unspecified atom stereocenters. The Hall–Kier alpha value is -3.27. The quantitative estimate of drug-likeness (QED) is 0.698. The van der Waals surface area contributed by atoms with Gasteiger partial charge in [0.05, 0.1) is 22.6 Å². The van der Waals surface area contributed by atoms with E-state index in [9.17, 15) is 4.79 Å². The lowest BCUT2D eigenvalue weighted by Crippen LogP contribution is -2.25. The molecule has 0 bridgehead atoms. The van der Waals surface area contributed by atoms with Crippen molar-refractivity contribution < 1.29 is 9.53 Å². The monoisotopic (exact) mass is 358 g/mol. The topological polar surface area (TPSA) is 41.6 Å². The van der Waals surface area contributed by atoms with Crippen LogP contribution in [0.2, 0.25) is 0 Å². The third kappa shape index (κ3) is 3.14. The molecule has 0 spiro atoms. The molecule has 27 heavy (non-hydrogen) atoms. The van der Waals surface area contributed by atoms with Gasteiger partial charge in [-0.15, -0.1) is 0 Å². The van der Waals surface area contributed by atoms with Crippen LogP contribution >= 0.6 is 0 Å². The second kappa shape index (κ2) is 6.80. The van der Waals surface area contributed by atoms with Crippen molar-refractivity contribution in [2.24, 2.45) is 0 Å². The number of fused-ring (bicyclic) bond motifs is 2. The van der Waals surface area contributed by atoms with E-state index in [2.05, 4.69) is 5.32 Å². The highest BCUT2D eigenvalue weighted by Crippen LogP contribution is 2.40. The van der Waals surface area contributed by atoms with Crippen molar-refractivity contribution in [2.75, 3.05) is 17.3 Å². The first-order valence-electron chi connectivity index (χ1n) is 9.00. The molecule has 4 nitrogen and oxygen atoms in total. The standard InChI is InChI=1S/C23H22N2O2/c1-15-8-7-11-19-21(15)24-22-16(2)12-18(13-20(22)25(3)23(19)26)27-14-17-9-5-4-6-10-17/h4-13,24H,14H2,1-3H3. The summed E-state index contributed by atoms with van der Waals surface area (Å²) in [4.78, 5) is 14.7. The number of carbonyl (C=O) groups is 1. The smallest absolute Gasteiger partial charge is 0.260 e. The number of carbonyl (C=O) groups excluding carboxylic acids is 1. The molecule has 3 aromatic rings. The Morgan fingerprint density at radius 2 is 1.70 bits per heavy atom. The lowest BCUT2D eigenvalue weighted by atomic mass is 10.1. The van der Waals surface area contributed by atoms with Crippen LogP contribution in [0.5, 0.6) is 5.75 Å². The summed E-state index contributed by atoms with van der Waals surface area (Å²) in [6.45, 7) is 4.53. The van der Waals surface area contributed by atoms with Gasteiger partial charge in [0.25, 0.3) is 5.91 Å². The van der Waals surface area contributed by atoms with Gasteiger partial charge in [0.15, 0.2) is 0 Å². The number of hydrogen-bond donors (Lipinski definition) is 1. The largest absolute Gasteiger partial charge is 0.489 e. The summed E-state index contributed by atoms with van der Waals surface area (Å²) in [6, 6.07) is 19.8. The lowest BCUT2D eigenvalue weighted by Gasteiger charge is -2.20. The van der Waals surface area contributed by atoms with Crippen LogP contribution in [0, 0.1) is 13.8 Å². The molecule has 0 aliphatic carbocycles. The van der Waals surface area contributed by atoms with Crippen molar-refractivity contribution in [2.45, 2.75) is 20.5 Å². The van der Waals surface area contributed by atoms with Gasteiger partial charge in [-0.3, -0.25) is 4.79 Å². The molecule has 0 saturated carbocycles. The number of nitrogens with zero attached hydrogens (tertiary/aromatic N) is 1. The third-order valence-corrected chi connectivity index (χ3v) is 4.96. The van der Waals surface area contributed by atoms with Crippen molar-refractivity contribution in [3.8, 4) is 5.75 Å². The highest BCUT2D eigenvalue weighted by Gasteiger charge is 2.26. The molecule has 0 radical (unpaired) electrons. The second-order valence-corrected chi connectivity index (χ2v) is 6.90. The Labute approximate surface area is 159 Å². The van der Waals surface area contributed by atoms with Crippen molar-refractivity contribution in [1.82, 2.24) is 0 Å². The average Bonchev–Trinajstić information content (AvgIpc) is 2.78. The van der Waals surface area contributed by atoms with E-state index in [1.807, 2.05) is 74.5 Å². The van der Waals surface area contributed by atoms with Gasteiger partial charge in [-0.1, -0.05) is 42.5 Å². The zero-order valence-electron chi connectivity index (χ0n) is 15.7. The lowest BCUT2D eigenvalue weighted by molar-refractivity contribution is 0.0994. The number of benzene rings is 3. The molecule has 0 fully saturated rings. The summed E-state index contributed by atoms with van der Waals surface area (Å²) < 4.78 is 6.00. The molecule has 0 saturated heterocycles. The SMILES string of the molecule is Cc1cccc2c1Nc1c(C)cc(OCc3ccccc3)cc1N(C)C2=O. The molecule has 4 rings (SSSR count). The number of amides is 1. The normalized spacial score (nSPS) is 12.7. The zero-order valence-corrected chi connectivity index (χ0v) is 15.7. The third-order valence-electron chi connectivity index (χ3n) is 4.96. The molecular weight excluding hydrogens is 336 g/mol. The molecule has 1 heterocycles. The van der Waals surface area contributed by atoms with E-state index in [-0.39, 0.29) is 5.91 Å². The maximum Gasteiger partial charge on any atom is 0.260 e. The molecule has 1 aliphatic rings. The number of ether oxygens (including phenoxy) is 1.